The van der Waals surface area contributed by atoms with Gasteiger partial charge in [0.15, 0.2) is 6.23 Å². The van der Waals surface area contributed by atoms with Crippen LogP contribution in [-0.2, 0) is 27.7 Å². The van der Waals surface area contributed by atoms with E-state index in [9.17, 15) is 27.9 Å². The molecule has 0 radical (unpaired) electrons. The van der Waals surface area contributed by atoms with Crippen LogP contribution in [0.3, 0.4) is 0 Å². The number of rotatable bonds is 6. The highest BCUT2D eigenvalue weighted by Gasteiger charge is 2.54. The van der Waals surface area contributed by atoms with Gasteiger partial charge in [-0.15, -0.1) is 0 Å². The molecular weight excluding hydrogens is 636 g/mol. The van der Waals surface area contributed by atoms with E-state index in [0.29, 0.717) is 17.5 Å². The first kappa shape index (κ1) is 33.5. The number of aliphatic carboxylic acids is 1. The van der Waals surface area contributed by atoms with E-state index in [1.54, 1.807) is 16.8 Å². The standard InChI is InChI=1S/C27H29N4O7P.C2HF3O2/c1-27(33)23(32)22(36-26(27)31-13-12-19-24(28)29-16-30-25(19)31)15-35-39(34)37-20(17-8-4-2-5-9-17)14-21(38-39)18-10-6-3-7-11-18;3-2(4,5)1(6)7/h2-13,16,20-23,26,32-33H,14-15H2,1H3,(H2,28,29,30);(H,6,7)/t20-,21+,22-,23-,26-,27-,39+;/m1./s1. The van der Waals surface area contributed by atoms with Crippen molar-refractivity contribution in [1.29, 1.82) is 0 Å². The molecule has 0 unspecified atom stereocenters. The summed E-state index contributed by atoms with van der Waals surface area (Å²) in [4.78, 5) is 17.1. The van der Waals surface area contributed by atoms with E-state index in [0.717, 1.165) is 11.1 Å². The minimum absolute atomic E-state index is 0.280. The lowest BCUT2D eigenvalue weighted by atomic mass is 9.96. The number of phosphoric ester groups is 1. The van der Waals surface area contributed by atoms with Crippen molar-refractivity contribution < 1.29 is 56.2 Å². The molecule has 46 heavy (non-hydrogen) atoms. The molecule has 0 saturated carbocycles. The highest BCUT2D eigenvalue weighted by Crippen LogP contribution is 2.62. The van der Waals surface area contributed by atoms with Crippen molar-refractivity contribution in [3.8, 4) is 0 Å². The third kappa shape index (κ3) is 7.08. The van der Waals surface area contributed by atoms with Gasteiger partial charge in [-0.05, 0) is 24.1 Å². The van der Waals surface area contributed by atoms with Gasteiger partial charge in [0.25, 0.3) is 0 Å². The molecule has 4 heterocycles. The number of nitrogen functional groups attached to an aromatic ring is 1. The maximum Gasteiger partial charge on any atom is 0.490 e. The monoisotopic (exact) mass is 666 g/mol. The summed E-state index contributed by atoms with van der Waals surface area (Å²) in [5.41, 5.74) is 6.32. The van der Waals surface area contributed by atoms with Crippen molar-refractivity contribution >= 4 is 30.6 Å². The van der Waals surface area contributed by atoms with Crippen LogP contribution in [0.1, 0.15) is 42.9 Å². The Morgan fingerprint density at radius 3 is 2.13 bits per heavy atom. The van der Waals surface area contributed by atoms with E-state index in [1.807, 2.05) is 60.7 Å². The molecule has 0 amide bonds. The lowest BCUT2D eigenvalue weighted by Crippen LogP contribution is -2.44. The van der Waals surface area contributed by atoms with Crippen LogP contribution in [-0.4, -0.2) is 66.4 Å². The molecule has 2 aromatic heterocycles. The number of hydrogen-bond donors (Lipinski definition) is 4. The number of halogens is 3. The zero-order valence-electron chi connectivity index (χ0n) is 24.1. The largest absolute Gasteiger partial charge is 0.490 e. The maximum absolute atomic E-state index is 13.8. The van der Waals surface area contributed by atoms with Crippen molar-refractivity contribution in [2.24, 2.45) is 0 Å². The Hall–Kier alpha value is -3.89. The Balaban J connectivity index is 0.000000537. The van der Waals surface area contributed by atoms with Gasteiger partial charge >= 0.3 is 20.0 Å². The van der Waals surface area contributed by atoms with Gasteiger partial charge in [-0.2, -0.15) is 13.2 Å². The van der Waals surface area contributed by atoms with Gasteiger partial charge in [-0.3, -0.25) is 13.6 Å². The normalized spacial score (nSPS) is 29.7. The Bertz CT molecular complexity index is 1660. The summed E-state index contributed by atoms with van der Waals surface area (Å²) < 4.78 is 70.8. The molecule has 2 saturated heterocycles. The minimum atomic E-state index is -5.08. The van der Waals surface area contributed by atoms with Gasteiger partial charge < -0.3 is 30.4 Å². The Kier molecular flexibility index (Phi) is 9.52. The second kappa shape index (κ2) is 13.1. The predicted molar refractivity (Wildman–Crippen MR) is 155 cm³/mol. The Labute approximate surface area is 259 Å². The fraction of sp³-hybridized carbons (Fsp3) is 0.345. The highest BCUT2D eigenvalue weighted by atomic mass is 31.2. The molecule has 5 N–H and O–H groups in total. The van der Waals surface area contributed by atoms with Crippen LogP contribution in [0.15, 0.2) is 79.3 Å². The molecule has 6 rings (SSSR count). The van der Waals surface area contributed by atoms with E-state index in [-0.39, 0.29) is 12.4 Å². The van der Waals surface area contributed by atoms with Gasteiger partial charge in [0.05, 0.1) is 24.2 Å². The molecular formula is C29H30F3N4O9P. The van der Waals surface area contributed by atoms with Gasteiger partial charge in [-0.25, -0.2) is 19.3 Å². The molecule has 0 aliphatic carbocycles. The number of hydrogen-bond acceptors (Lipinski definition) is 11. The van der Waals surface area contributed by atoms with Crippen molar-refractivity contribution in [3.63, 3.8) is 0 Å². The third-order valence-corrected chi connectivity index (χ3v) is 8.96. The summed E-state index contributed by atoms with van der Waals surface area (Å²) in [5, 5.41) is 29.9. The number of aromatic nitrogens is 3. The van der Waals surface area contributed by atoms with Crippen molar-refractivity contribution in [3.05, 3.63) is 90.4 Å². The summed E-state index contributed by atoms with van der Waals surface area (Å²) in [6.45, 7) is 1.09. The zero-order chi connectivity index (χ0) is 33.3. The number of nitrogens with zero attached hydrogens (tertiary/aromatic N) is 3. The number of aliphatic hydroxyl groups excluding tert-OH is 1. The van der Waals surface area contributed by atoms with E-state index >= 15 is 0 Å². The number of anilines is 1. The van der Waals surface area contributed by atoms with Gasteiger partial charge in [0, 0.05) is 12.6 Å². The van der Waals surface area contributed by atoms with Crippen LogP contribution in [0.2, 0.25) is 0 Å². The zero-order valence-corrected chi connectivity index (χ0v) is 25.0. The summed E-state index contributed by atoms with van der Waals surface area (Å²) in [7, 11) is -4.12. The molecule has 0 spiro atoms. The topological polar surface area (TPSA) is 188 Å². The quantitative estimate of drug-likeness (QED) is 0.208. The molecule has 2 aromatic carbocycles. The number of carboxylic acid groups (broad SMARTS) is 1. The fourth-order valence-corrected chi connectivity index (χ4v) is 6.67. The number of carboxylic acids is 1. The number of benzene rings is 2. The van der Waals surface area contributed by atoms with E-state index in [1.165, 1.54) is 13.3 Å². The smallest absolute Gasteiger partial charge is 0.475 e. The van der Waals surface area contributed by atoms with Crippen LogP contribution in [0.4, 0.5) is 19.0 Å². The number of phosphoric acid groups is 1. The summed E-state index contributed by atoms with van der Waals surface area (Å²) in [5.74, 6) is -2.48. The van der Waals surface area contributed by atoms with Crippen molar-refractivity contribution in [1.82, 2.24) is 14.5 Å². The highest BCUT2D eigenvalue weighted by molar-refractivity contribution is 7.48. The van der Waals surface area contributed by atoms with Crippen molar-refractivity contribution in [2.75, 3.05) is 12.3 Å². The third-order valence-electron chi connectivity index (χ3n) is 7.47. The minimum Gasteiger partial charge on any atom is -0.475 e. The first-order chi connectivity index (χ1) is 21.7. The average molecular weight is 667 g/mol. The molecule has 2 fully saturated rings. The predicted octanol–water partition coefficient (Wildman–Crippen LogP) is 4.70. The summed E-state index contributed by atoms with van der Waals surface area (Å²) in [6.07, 6.45) is -6.24. The van der Waals surface area contributed by atoms with Gasteiger partial charge in [-0.1, -0.05) is 60.7 Å². The van der Waals surface area contributed by atoms with E-state index < -0.39 is 56.2 Å². The second-order valence-electron chi connectivity index (χ2n) is 10.7. The van der Waals surface area contributed by atoms with Crippen LogP contribution in [0, 0.1) is 0 Å². The number of carbonyl (C=O) groups is 1. The molecule has 2 aliphatic heterocycles. The Morgan fingerprint density at radius 1 is 1.07 bits per heavy atom. The fourth-order valence-electron chi connectivity index (χ4n) is 5.13. The molecule has 0 bridgehead atoms. The lowest BCUT2D eigenvalue weighted by molar-refractivity contribution is -0.192. The molecule has 2 aliphatic rings. The number of alkyl halides is 3. The average Bonchev–Trinajstić information content (AvgIpc) is 3.55. The van der Waals surface area contributed by atoms with E-state index in [4.69, 9.17) is 33.9 Å². The lowest BCUT2D eigenvalue weighted by Gasteiger charge is -2.35. The first-order valence-corrected chi connectivity index (χ1v) is 15.3. The van der Waals surface area contributed by atoms with Crippen LogP contribution >= 0.6 is 7.82 Å². The number of aliphatic hydroxyl groups is 2. The molecule has 13 nitrogen and oxygen atoms in total. The number of ether oxygens (including phenoxy) is 1. The Morgan fingerprint density at radius 2 is 1.61 bits per heavy atom. The number of fused-ring (bicyclic) bond motifs is 1. The number of nitrogens with two attached hydrogens (primary N) is 1. The molecule has 246 valence electrons. The van der Waals surface area contributed by atoms with Crippen LogP contribution in [0.5, 0.6) is 0 Å². The molecule has 4 aromatic rings. The van der Waals surface area contributed by atoms with Gasteiger partial charge in [0.2, 0.25) is 0 Å². The second-order valence-corrected chi connectivity index (χ2v) is 12.3. The maximum atomic E-state index is 13.8. The summed E-state index contributed by atoms with van der Waals surface area (Å²) in [6, 6.07) is 20.6. The SMILES string of the molecule is C[C@@]1(O)[C@H](O)[C@@H](CO[P@]2(=O)O[C@H](c3ccccc3)C[C@H](c3ccccc3)O2)O[C@H]1n1ccc2c(N)ncnc21.O=C(O)C(F)(F)F. The van der Waals surface area contributed by atoms with Crippen LogP contribution < -0.4 is 5.73 Å². The summed E-state index contributed by atoms with van der Waals surface area (Å²) >= 11 is 0. The van der Waals surface area contributed by atoms with E-state index in [2.05, 4.69) is 9.97 Å². The van der Waals surface area contributed by atoms with Crippen molar-refractivity contribution in [2.45, 2.75) is 55.8 Å². The van der Waals surface area contributed by atoms with Crippen LogP contribution in [0.25, 0.3) is 11.0 Å². The first-order valence-electron chi connectivity index (χ1n) is 13.8. The molecule has 17 heteroatoms. The van der Waals surface area contributed by atoms with Gasteiger partial charge in [0.1, 0.15) is 35.6 Å². The molecule has 7 atom stereocenters.